The van der Waals surface area contributed by atoms with Gasteiger partial charge >= 0.3 is 0 Å². The molecule has 0 bridgehead atoms. The van der Waals surface area contributed by atoms with E-state index in [1.807, 2.05) is 11.3 Å². The van der Waals surface area contributed by atoms with Crippen molar-refractivity contribution < 1.29 is 0 Å². The van der Waals surface area contributed by atoms with E-state index in [0.717, 1.165) is 34.0 Å². The number of hydrogen-bond acceptors (Lipinski definition) is 3. The van der Waals surface area contributed by atoms with Crippen LogP contribution in [0.4, 0.5) is 34.1 Å². The maximum Gasteiger partial charge on any atom is 0.0640 e. The van der Waals surface area contributed by atoms with E-state index < -0.39 is 0 Å². The van der Waals surface area contributed by atoms with Gasteiger partial charge in [-0.25, -0.2) is 0 Å². The van der Waals surface area contributed by atoms with Crippen molar-refractivity contribution in [1.29, 1.82) is 0 Å². The van der Waals surface area contributed by atoms with E-state index in [1.54, 1.807) is 0 Å². The first-order chi connectivity index (χ1) is 36.4. The quantitative estimate of drug-likeness (QED) is 0.135. The van der Waals surface area contributed by atoms with Gasteiger partial charge in [0.15, 0.2) is 0 Å². The zero-order chi connectivity index (χ0) is 51.3. The van der Waals surface area contributed by atoms with Crippen molar-refractivity contribution in [2.24, 2.45) is 0 Å². The predicted octanol–water partition coefficient (Wildman–Crippen LogP) is 21.4. The molecule has 364 valence electrons. The summed E-state index contributed by atoms with van der Waals surface area (Å²) >= 11 is 1.89. The SMILES string of the molecule is CC(C)(C)c1ccc(N(c2cccc(-c3cccc(-c4ccccc4)c3)c2)c2cccc3c2sc2cc4ccccc4c(N(c4ccc(C(C)(C)C)cc4)c4cccc(-c5cccc(-c6ccccc6)c5)c4)c23)cc1. The molecule has 0 aliphatic carbocycles. The van der Waals surface area contributed by atoms with Crippen LogP contribution in [0.25, 0.3) is 75.5 Å². The zero-order valence-electron chi connectivity index (χ0n) is 43.6. The second-order valence-electron chi connectivity index (χ2n) is 21.8. The van der Waals surface area contributed by atoms with Crippen LogP contribution in [0.3, 0.4) is 0 Å². The largest absolute Gasteiger partial charge is 0.309 e. The summed E-state index contributed by atoms with van der Waals surface area (Å²) in [6, 6.07) is 94.2. The van der Waals surface area contributed by atoms with Gasteiger partial charge in [0.2, 0.25) is 0 Å². The first kappa shape index (κ1) is 47.5. The minimum absolute atomic E-state index is 0.00434. The van der Waals surface area contributed by atoms with Gasteiger partial charge in [0.25, 0.3) is 0 Å². The molecule has 3 heteroatoms. The van der Waals surface area contributed by atoms with E-state index in [1.165, 1.54) is 86.7 Å². The topological polar surface area (TPSA) is 6.48 Å². The van der Waals surface area contributed by atoms with Crippen molar-refractivity contribution in [1.82, 2.24) is 0 Å². The molecule has 0 saturated carbocycles. The molecule has 12 aromatic rings. The fourth-order valence-electron chi connectivity index (χ4n) is 10.7. The van der Waals surface area contributed by atoms with Crippen molar-refractivity contribution in [3.63, 3.8) is 0 Å². The van der Waals surface area contributed by atoms with Crippen molar-refractivity contribution in [2.45, 2.75) is 52.4 Å². The number of fused-ring (bicyclic) bond motifs is 4. The van der Waals surface area contributed by atoms with Crippen molar-refractivity contribution in [3.05, 3.63) is 266 Å². The molecule has 75 heavy (non-hydrogen) atoms. The molecular weight excluding hydrogens is 925 g/mol. The summed E-state index contributed by atoms with van der Waals surface area (Å²) in [5, 5.41) is 4.86. The number of anilines is 6. The van der Waals surface area contributed by atoms with Crippen LogP contribution >= 0.6 is 11.3 Å². The second kappa shape index (κ2) is 19.4. The lowest BCUT2D eigenvalue weighted by molar-refractivity contribution is 0.590. The van der Waals surface area contributed by atoms with E-state index >= 15 is 0 Å². The van der Waals surface area contributed by atoms with Crippen LogP contribution in [0.5, 0.6) is 0 Å². The Bertz CT molecular complexity index is 4010. The normalized spacial score (nSPS) is 11.9. The van der Waals surface area contributed by atoms with Crippen LogP contribution in [0, 0.1) is 0 Å². The molecule has 2 nitrogen and oxygen atoms in total. The Hall–Kier alpha value is -8.50. The molecule has 1 aromatic heterocycles. The highest BCUT2D eigenvalue weighted by Crippen LogP contribution is 2.52. The van der Waals surface area contributed by atoms with E-state index in [0.29, 0.717) is 0 Å². The Morgan fingerprint density at radius 1 is 0.307 bits per heavy atom. The third-order valence-electron chi connectivity index (χ3n) is 14.7. The predicted molar refractivity (Wildman–Crippen MR) is 325 cm³/mol. The van der Waals surface area contributed by atoms with Gasteiger partial charge < -0.3 is 9.80 Å². The molecule has 0 amide bonds. The molecule has 0 N–H and O–H groups in total. The summed E-state index contributed by atoms with van der Waals surface area (Å²) in [7, 11) is 0. The van der Waals surface area contributed by atoms with Crippen LogP contribution in [-0.4, -0.2) is 0 Å². The van der Waals surface area contributed by atoms with Gasteiger partial charge in [-0.3, -0.25) is 0 Å². The molecule has 0 radical (unpaired) electrons. The second-order valence-corrected chi connectivity index (χ2v) is 22.9. The molecule has 11 aromatic carbocycles. The van der Waals surface area contributed by atoms with Crippen LogP contribution in [0.1, 0.15) is 52.7 Å². The fourth-order valence-corrected chi connectivity index (χ4v) is 12.0. The van der Waals surface area contributed by atoms with Crippen LogP contribution in [0.2, 0.25) is 0 Å². The Balaban J connectivity index is 1.08. The average Bonchev–Trinajstić information content (AvgIpc) is 3.87. The molecule has 12 rings (SSSR count). The summed E-state index contributed by atoms with van der Waals surface area (Å²) in [6.07, 6.45) is 0. The minimum atomic E-state index is 0.00434. The summed E-state index contributed by atoms with van der Waals surface area (Å²) in [6.45, 7) is 13.7. The molecular formula is C72H60N2S. The summed E-state index contributed by atoms with van der Waals surface area (Å²) in [5.74, 6) is 0. The van der Waals surface area contributed by atoms with E-state index in [-0.39, 0.29) is 10.8 Å². The minimum Gasteiger partial charge on any atom is -0.309 e. The van der Waals surface area contributed by atoms with E-state index in [2.05, 4.69) is 306 Å². The van der Waals surface area contributed by atoms with Gasteiger partial charge in [-0.1, -0.05) is 224 Å². The summed E-state index contributed by atoms with van der Waals surface area (Å²) in [4.78, 5) is 5.00. The first-order valence-electron chi connectivity index (χ1n) is 26.1. The molecule has 0 saturated heterocycles. The van der Waals surface area contributed by atoms with Crippen LogP contribution in [0.15, 0.2) is 255 Å². The Labute approximate surface area is 446 Å². The standard InChI is InChI=1S/C72H60N2S/c1-71(2,3)58-36-40-60(41-37-58)73(62-31-17-29-55(46-62)53-27-15-25-51(44-53)49-20-9-7-10-21-49)66-35-19-34-65-68-67(75-70(65)66)48-57-24-13-14-33-64(57)69(68)74(61-42-38-59(39-43-61)72(4,5)6)63-32-18-30-56(47-63)54-28-16-26-52(45-54)50-22-11-8-12-23-50/h7-48H,1-6H3. The Kier molecular flexibility index (Phi) is 12.3. The van der Waals surface area contributed by atoms with E-state index in [4.69, 9.17) is 0 Å². The van der Waals surface area contributed by atoms with Gasteiger partial charge in [-0.05, 0) is 145 Å². The highest BCUT2D eigenvalue weighted by atomic mass is 32.1. The number of thiophene rings is 1. The lowest BCUT2D eigenvalue weighted by Gasteiger charge is -2.29. The monoisotopic (exact) mass is 984 g/mol. The Morgan fingerprint density at radius 2 is 0.707 bits per heavy atom. The van der Waals surface area contributed by atoms with Crippen molar-refractivity contribution >= 4 is 76.4 Å². The third kappa shape index (κ3) is 9.30. The van der Waals surface area contributed by atoms with Crippen LogP contribution in [-0.2, 0) is 10.8 Å². The van der Waals surface area contributed by atoms with Crippen molar-refractivity contribution in [3.8, 4) is 44.5 Å². The molecule has 0 fully saturated rings. The molecule has 0 spiro atoms. The summed E-state index contributed by atoms with van der Waals surface area (Å²) in [5.41, 5.74) is 18.9. The zero-order valence-corrected chi connectivity index (χ0v) is 44.4. The third-order valence-corrected chi connectivity index (χ3v) is 15.9. The highest BCUT2D eigenvalue weighted by Gasteiger charge is 2.26. The van der Waals surface area contributed by atoms with Gasteiger partial charge in [0, 0.05) is 43.6 Å². The van der Waals surface area contributed by atoms with E-state index in [9.17, 15) is 0 Å². The highest BCUT2D eigenvalue weighted by molar-refractivity contribution is 7.26. The number of hydrogen-bond donors (Lipinski definition) is 0. The Morgan fingerprint density at radius 3 is 1.23 bits per heavy atom. The lowest BCUT2D eigenvalue weighted by atomic mass is 9.87. The van der Waals surface area contributed by atoms with Gasteiger partial charge in [0.05, 0.1) is 16.1 Å². The maximum atomic E-state index is 2.52. The molecule has 0 unspecified atom stereocenters. The maximum absolute atomic E-state index is 2.52. The van der Waals surface area contributed by atoms with Crippen molar-refractivity contribution in [2.75, 3.05) is 9.80 Å². The van der Waals surface area contributed by atoms with Gasteiger partial charge in [0.1, 0.15) is 0 Å². The van der Waals surface area contributed by atoms with Gasteiger partial charge in [-0.2, -0.15) is 0 Å². The lowest BCUT2D eigenvalue weighted by Crippen LogP contribution is -2.14. The number of rotatable bonds is 10. The van der Waals surface area contributed by atoms with Gasteiger partial charge in [-0.15, -0.1) is 11.3 Å². The molecule has 0 aliphatic rings. The fraction of sp³-hybridized carbons (Fsp3) is 0.111. The molecule has 0 atom stereocenters. The number of nitrogens with zero attached hydrogens (tertiary/aromatic N) is 2. The molecule has 0 aliphatic heterocycles. The average molecular weight is 985 g/mol. The molecule has 1 heterocycles. The summed E-state index contributed by atoms with van der Waals surface area (Å²) < 4.78 is 2.47. The number of benzene rings is 11. The van der Waals surface area contributed by atoms with Crippen LogP contribution < -0.4 is 9.80 Å². The smallest absolute Gasteiger partial charge is 0.0640 e. The first-order valence-corrected chi connectivity index (χ1v) is 27.0.